The maximum absolute atomic E-state index is 15.7. The molecule has 6 amide bonds. The second kappa shape index (κ2) is 19.8. The minimum absolute atomic E-state index is 0.0467. The van der Waals surface area contributed by atoms with Crippen molar-refractivity contribution >= 4 is 57.6 Å². The van der Waals surface area contributed by atoms with Crippen molar-refractivity contribution < 1.29 is 42.7 Å². The van der Waals surface area contributed by atoms with Crippen LogP contribution >= 0.6 is 11.3 Å². The first-order valence-corrected chi connectivity index (χ1v) is 24.7. The van der Waals surface area contributed by atoms with Crippen LogP contribution in [-0.4, -0.2) is 101 Å². The number of carbonyl (C=O) groups excluding carboxylic acids is 6. The number of nitrogens with one attached hydrogen (secondary N) is 4. The summed E-state index contributed by atoms with van der Waals surface area (Å²) in [6, 6.07) is 8.73. The number of fused-ring (bicyclic) bond motifs is 2. The van der Waals surface area contributed by atoms with E-state index >= 15 is 8.78 Å². The molecule has 2 saturated heterocycles. The molecule has 7 heterocycles. The Morgan fingerprint density at radius 3 is 2.45 bits per heavy atom. The number of hydrogen-bond donors (Lipinski definition) is 5. The Morgan fingerprint density at radius 1 is 0.915 bits per heavy atom. The van der Waals surface area contributed by atoms with Gasteiger partial charge in [0.15, 0.2) is 11.2 Å². The smallest absolute Gasteiger partial charge is 0.270 e. The van der Waals surface area contributed by atoms with Crippen LogP contribution in [0.2, 0.25) is 0 Å². The van der Waals surface area contributed by atoms with Gasteiger partial charge in [-0.15, -0.1) is 11.3 Å². The molecule has 3 aromatic heterocycles. The maximum atomic E-state index is 15.7. The highest BCUT2D eigenvalue weighted by Gasteiger charge is 2.43. The highest BCUT2D eigenvalue weighted by Crippen LogP contribution is 2.42. The molecule has 5 N–H and O–H groups in total. The number of anilines is 2. The standard InChI is InChI=1S/C51H50F2N10O7S/c52-37-23-30(22-35-36(37)27-63(49(35)69)45(48(68)60-50-54-17-21-71-50)44-41-2-1-18-62(41)28-56-44)4-3-29-5-8-39(55-26-29)46(66)58-32-13-19-61(20-14-32)43(65)25-51(70)15-11-31(12-16-51)34-7-6-33(24-38(34)53)57-40-9-10-42(64)59-47(40)67/h5-8,17,21-24,26,28,31-32,40,45,57,70H,1-2,9-16,18-20,25,27H2,(H,58,66)(H,54,60,68)(H,59,64,67). The lowest BCUT2D eigenvalue weighted by atomic mass is 9.74. The Hall–Kier alpha value is -7.37. The van der Waals surface area contributed by atoms with E-state index in [2.05, 4.69) is 48.1 Å². The Labute approximate surface area is 410 Å². The summed E-state index contributed by atoms with van der Waals surface area (Å²) in [7, 11) is 0. The third kappa shape index (κ3) is 10.1. The van der Waals surface area contributed by atoms with Crippen LogP contribution in [0.4, 0.5) is 19.6 Å². The van der Waals surface area contributed by atoms with Gasteiger partial charge in [-0.1, -0.05) is 17.9 Å². The number of aromatic nitrogens is 4. The molecule has 5 aliphatic rings. The van der Waals surface area contributed by atoms with Gasteiger partial charge in [-0.2, -0.15) is 0 Å². The average molecular weight is 985 g/mol. The molecule has 5 aromatic rings. The van der Waals surface area contributed by atoms with E-state index in [-0.39, 0.29) is 71.5 Å². The predicted molar refractivity (Wildman–Crippen MR) is 255 cm³/mol. The highest BCUT2D eigenvalue weighted by molar-refractivity contribution is 7.13. The van der Waals surface area contributed by atoms with Gasteiger partial charge in [-0.05, 0) is 106 Å². The number of piperidine rings is 2. The molecule has 2 aromatic carbocycles. The average Bonchev–Trinajstić information content (AvgIpc) is 4.18. The second-order valence-electron chi connectivity index (χ2n) is 18.9. The Kier molecular flexibility index (Phi) is 13.2. The maximum Gasteiger partial charge on any atom is 0.270 e. The summed E-state index contributed by atoms with van der Waals surface area (Å²) in [6.45, 7) is 1.42. The molecule has 17 nitrogen and oxygen atoms in total. The van der Waals surface area contributed by atoms with Crippen LogP contribution in [-0.2, 0) is 38.7 Å². The molecule has 2 unspecified atom stereocenters. The molecule has 0 spiro atoms. The van der Waals surface area contributed by atoms with Gasteiger partial charge in [0.2, 0.25) is 17.7 Å². The molecule has 0 bridgehead atoms. The lowest BCUT2D eigenvalue weighted by Gasteiger charge is -2.38. The fourth-order valence-electron chi connectivity index (χ4n) is 10.4. The topological polar surface area (TPSA) is 221 Å². The van der Waals surface area contributed by atoms with Crippen molar-refractivity contribution in [3.05, 3.63) is 123 Å². The number of carbonyl (C=O) groups is 6. The number of benzene rings is 2. The Morgan fingerprint density at radius 2 is 1.72 bits per heavy atom. The van der Waals surface area contributed by atoms with Crippen LogP contribution in [0, 0.1) is 23.5 Å². The summed E-state index contributed by atoms with van der Waals surface area (Å²) in [5.41, 5.74) is 2.20. The van der Waals surface area contributed by atoms with Crippen LogP contribution in [0.15, 0.2) is 66.6 Å². The number of imidazole rings is 1. The van der Waals surface area contributed by atoms with Crippen molar-refractivity contribution in [1.82, 2.24) is 40.0 Å². The summed E-state index contributed by atoms with van der Waals surface area (Å²) in [5.74, 6) is 2.32. The summed E-state index contributed by atoms with van der Waals surface area (Å²) in [5, 5.41) is 24.6. The SMILES string of the molecule is O=C1CCC(Nc2ccc(C3CCC(O)(CC(=O)N4CCC(NC(=O)c5ccc(C#Cc6cc(F)c7c(c6)C(=O)N(C(C(=O)Nc6nccs6)c6ncn8c6CCC8)C7)cn5)CC4)CC3)c(F)c2)C(=O)N1. The van der Waals surface area contributed by atoms with E-state index in [1.807, 2.05) is 4.57 Å². The van der Waals surface area contributed by atoms with E-state index in [0.717, 1.165) is 18.7 Å². The molecule has 10 rings (SSSR count). The first-order chi connectivity index (χ1) is 34.3. The predicted octanol–water partition coefficient (Wildman–Crippen LogP) is 5.11. The summed E-state index contributed by atoms with van der Waals surface area (Å²) in [6.07, 6.45) is 9.43. The van der Waals surface area contributed by atoms with E-state index in [1.54, 1.807) is 41.0 Å². The fraction of sp³-hybridized carbons (Fsp3) is 0.392. The van der Waals surface area contributed by atoms with Gasteiger partial charge in [-0.25, -0.2) is 23.7 Å². The van der Waals surface area contributed by atoms with Crippen molar-refractivity contribution in [2.45, 2.75) is 113 Å². The molecule has 71 heavy (non-hydrogen) atoms. The molecule has 1 aliphatic carbocycles. The number of rotatable bonds is 11. The third-order valence-electron chi connectivity index (χ3n) is 14.2. The van der Waals surface area contributed by atoms with Gasteiger partial charge in [0.05, 0.1) is 30.6 Å². The number of nitrogens with zero attached hydrogens (tertiary/aromatic N) is 6. The first kappa shape index (κ1) is 47.3. The fourth-order valence-corrected chi connectivity index (χ4v) is 10.9. The largest absolute Gasteiger partial charge is 0.389 e. The zero-order chi connectivity index (χ0) is 49.4. The van der Waals surface area contributed by atoms with Gasteiger partial charge >= 0.3 is 0 Å². The number of aryl methyl sites for hydroxylation is 1. The zero-order valence-electron chi connectivity index (χ0n) is 38.5. The molecule has 2 atom stereocenters. The lowest BCUT2D eigenvalue weighted by molar-refractivity contribution is -0.139. The lowest BCUT2D eigenvalue weighted by Crippen LogP contribution is -2.48. The molecule has 0 radical (unpaired) electrons. The van der Waals surface area contributed by atoms with Crippen LogP contribution in [0.3, 0.4) is 0 Å². The van der Waals surface area contributed by atoms with Crippen molar-refractivity contribution in [2.24, 2.45) is 0 Å². The van der Waals surface area contributed by atoms with E-state index in [1.165, 1.54) is 46.7 Å². The van der Waals surface area contributed by atoms with Crippen molar-refractivity contribution in [3.8, 4) is 11.8 Å². The summed E-state index contributed by atoms with van der Waals surface area (Å²) in [4.78, 5) is 94.0. The molecule has 1 saturated carbocycles. The number of aliphatic hydroxyl groups is 1. The van der Waals surface area contributed by atoms with E-state index in [9.17, 15) is 33.9 Å². The van der Waals surface area contributed by atoms with E-state index in [0.29, 0.717) is 92.1 Å². The van der Waals surface area contributed by atoms with Gasteiger partial charge < -0.3 is 30.1 Å². The van der Waals surface area contributed by atoms with Crippen LogP contribution < -0.4 is 21.3 Å². The Balaban J connectivity index is 0.695. The molecular weight excluding hydrogens is 935 g/mol. The number of halogens is 2. The number of likely N-dealkylation sites (tertiary alicyclic amines) is 1. The van der Waals surface area contributed by atoms with Gasteiger partial charge in [0, 0.05) is 83.5 Å². The third-order valence-corrected chi connectivity index (χ3v) is 14.9. The number of thiazole rings is 1. The van der Waals surface area contributed by atoms with Gasteiger partial charge in [0.1, 0.15) is 23.4 Å². The molecule has 4 aliphatic heterocycles. The quantitative estimate of drug-likeness (QED) is 0.0865. The number of hydrogen-bond acceptors (Lipinski definition) is 12. The van der Waals surface area contributed by atoms with Crippen LogP contribution in [0.5, 0.6) is 0 Å². The molecule has 20 heteroatoms. The van der Waals surface area contributed by atoms with Crippen molar-refractivity contribution in [3.63, 3.8) is 0 Å². The molecule has 3 fully saturated rings. The van der Waals surface area contributed by atoms with Crippen LogP contribution in [0.25, 0.3) is 0 Å². The van der Waals surface area contributed by atoms with E-state index < -0.39 is 47.0 Å². The summed E-state index contributed by atoms with van der Waals surface area (Å²) < 4.78 is 33.0. The number of pyridine rings is 1. The zero-order valence-corrected chi connectivity index (χ0v) is 39.3. The highest BCUT2D eigenvalue weighted by atomic mass is 32.1. The van der Waals surface area contributed by atoms with Crippen molar-refractivity contribution in [2.75, 3.05) is 23.7 Å². The van der Waals surface area contributed by atoms with Crippen LogP contribution in [0.1, 0.15) is 131 Å². The number of amides is 6. The van der Waals surface area contributed by atoms with Gasteiger partial charge in [0.25, 0.3) is 17.7 Å². The minimum Gasteiger partial charge on any atom is -0.389 e. The van der Waals surface area contributed by atoms with Gasteiger partial charge in [-0.3, -0.25) is 39.4 Å². The first-order valence-electron chi connectivity index (χ1n) is 23.8. The Bertz CT molecular complexity index is 2990. The molecular formula is C51H50F2N10O7S. The minimum atomic E-state index is -1.21. The monoisotopic (exact) mass is 984 g/mol. The van der Waals surface area contributed by atoms with E-state index in [4.69, 9.17) is 0 Å². The number of imide groups is 1. The summed E-state index contributed by atoms with van der Waals surface area (Å²) >= 11 is 1.24. The normalized spacial score (nSPS) is 21.4. The molecule has 366 valence electrons. The van der Waals surface area contributed by atoms with Crippen molar-refractivity contribution in [1.29, 1.82) is 0 Å². The second-order valence-corrected chi connectivity index (χ2v) is 19.8.